The van der Waals surface area contributed by atoms with E-state index in [1.165, 1.54) is 99.8 Å². The van der Waals surface area contributed by atoms with Crippen LogP contribution >= 0.6 is 0 Å². The van der Waals surface area contributed by atoms with Gasteiger partial charge in [0.05, 0.1) is 11.0 Å². The molecule has 46 heavy (non-hydrogen) atoms. The van der Waals surface area contributed by atoms with Gasteiger partial charge in [-0.05, 0) is 127 Å². The first-order chi connectivity index (χ1) is 22.2. The summed E-state index contributed by atoms with van der Waals surface area (Å²) in [6, 6.07) is 42.3. The molecule has 1 aromatic heterocycles. The topological polar surface area (TPSA) is 4.93 Å². The summed E-state index contributed by atoms with van der Waals surface area (Å²) < 4.78 is 2.47. The summed E-state index contributed by atoms with van der Waals surface area (Å²) >= 11 is 0. The van der Waals surface area contributed by atoms with Crippen molar-refractivity contribution in [3.8, 4) is 27.9 Å². The summed E-state index contributed by atoms with van der Waals surface area (Å²) in [4.78, 5) is 0. The lowest BCUT2D eigenvalue weighted by Crippen LogP contribution is -2.17. The van der Waals surface area contributed by atoms with E-state index < -0.39 is 0 Å². The van der Waals surface area contributed by atoms with Crippen molar-refractivity contribution in [1.29, 1.82) is 0 Å². The number of nitrogens with zero attached hydrogens (tertiary/aromatic N) is 1. The van der Waals surface area contributed by atoms with Crippen LogP contribution in [0.1, 0.15) is 69.8 Å². The molecule has 2 aliphatic carbocycles. The molecule has 1 heteroatoms. The lowest BCUT2D eigenvalue weighted by molar-refractivity contribution is 0.658. The van der Waals surface area contributed by atoms with Crippen LogP contribution in [0.15, 0.2) is 109 Å². The Morgan fingerprint density at radius 3 is 1.89 bits per heavy atom. The maximum atomic E-state index is 2.57. The highest BCUT2D eigenvalue weighted by Crippen LogP contribution is 2.54. The molecule has 0 radical (unpaired) electrons. The van der Waals surface area contributed by atoms with Gasteiger partial charge in [0.25, 0.3) is 0 Å². The molecule has 6 aromatic carbocycles. The number of hydrogen-bond acceptors (Lipinski definition) is 0. The van der Waals surface area contributed by atoms with Crippen LogP contribution in [0.25, 0.3) is 49.7 Å². The van der Waals surface area contributed by atoms with Gasteiger partial charge in [0.1, 0.15) is 0 Å². The van der Waals surface area contributed by atoms with E-state index in [4.69, 9.17) is 0 Å². The first-order valence-corrected chi connectivity index (χ1v) is 16.7. The molecule has 9 rings (SSSR count). The smallest absolute Gasteiger partial charge is 0.0544 e. The van der Waals surface area contributed by atoms with E-state index in [9.17, 15) is 0 Å². The van der Waals surface area contributed by atoms with Gasteiger partial charge in [-0.1, -0.05) is 103 Å². The molecule has 0 saturated heterocycles. The summed E-state index contributed by atoms with van der Waals surface area (Å²) in [7, 11) is 0. The fourth-order valence-electron chi connectivity index (χ4n) is 8.47. The second-order valence-corrected chi connectivity index (χ2v) is 14.5. The third-order valence-electron chi connectivity index (χ3n) is 11.0. The maximum absolute atomic E-state index is 2.57. The van der Waals surface area contributed by atoms with Crippen LogP contribution in [-0.2, 0) is 11.8 Å². The molecule has 1 atom stereocenters. The van der Waals surface area contributed by atoms with Crippen LogP contribution in [0.2, 0.25) is 0 Å². The van der Waals surface area contributed by atoms with Gasteiger partial charge in [-0.3, -0.25) is 0 Å². The number of fused-ring (bicyclic) bond motifs is 9. The number of rotatable bonds is 2. The minimum atomic E-state index is -0.107. The molecule has 0 amide bonds. The second kappa shape index (κ2) is 9.56. The number of aryl methyl sites for hydroxylation is 4. The molecule has 224 valence electrons. The standard InChI is InChI=1S/C45H39N/c1-26-7-13-30(14-8-26)34-21-31-22-41-37(23-35(31)36-19-28(3)11-17-33(34)36)38-24-40-39-20-29(4)12-18-43(39)46(32-15-9-27(2)10-16-32)44(40)25-42(38)45(41,5)6/h7-20,22-25,34H,21H2,1-6H3. The van der Waals surface area contributed by atoms with Gasteiger partial charge in [-0.25, -0.2) is 0 Å². The van der Waals surface area contributed by atoms with E-state index in [-0.39, 0.29) is 5.41 Å². The molecule has 0 bridgehead atoms. The van der Waals surface area contributed by atoms with E-state index in [0.29, 0.717) is 5.92 Å². The summed E-state index contributed by atoms with van der Waals surface area (Å²) in [5.74, 6) is 0.361. The van der Waals surface area contributed by atoms with Crippen LogP contribution in [0, 0.1) is 27.7 Å². The lowest BCUT2D eigenvalue weighted by atomic mass is 9.73. The second-order valence-electron chi connectivity index (χ2n) is 14.5. The summed E-state index contributed by atoms with van der Waals surface area (Å²) in [6.07, 6.45) is 1.03. The molecule has 0 saturated carbocycles. The van der Waals surface area contributed by atoms with E-state index in [1.807, 2.05) is 0 Å². The van der Waals surface area contributed by atoms with Crippen LogP contribution in [0.5, 0.6) is 0 Å². The van der Waals surface area contributed by atoms with Gasteiger partial charge in [-0.15, -0.1) is 0 Å². The molecule has 7 aromatic rings. The van der Waals surface area contributed by atoms with Crippen molar-refractivity contribution in [2.45, 2.75) is 59.3 Å². The molecule has 2 aliphatic rings. The zero-order chi connectivity index (χ0) is 31.5. The number of aromatic nitrogens is 1. The fourth-order valence-corrected chi connectivity index (χ4v) is 8.47. The van der Waals surface area contributed by atoms with Crippen molar-refractivity contribution in [1.82, 2.24) is 4.57 Å². The Kier molecular flexibility index (Phi) is 5.70. The Balaban J connectivity index is 1.29. The minimum absolute atomic E-state index is 0.107. The zero-order valence-electron chi connectivity index (χ0n) is 27.6. The molecule has 1 heterocycles. The maximum Gasteiger partial charge on any atom is 0.0544 e. The largest absolute Gasteiger partial charge is 0.309 e. The van der Waals surface area contributed by atoms with E-state index >= 15 is 0 Å². The zero-order valence-corrected chi connectivity index (χ0v) is 27.6. The van der Waals surface area contributed by atoms with Gasteiger partial charge >= 0.3 is 0 Å². The predicted molar refractivity (Wildman–Crippen MR) is 195 cm³/mol. The normalized spacial score (nSPS) is 15.9. The van der Waals surface area contributed by atoms with E-state index in [1.54, 1.807) is 0 Å². The minimum Gasteiger partial charge on any atom is -0.309 e. The molecule has 1 nitrogen and oxygen atoms in total. The lowest BCUT2D eigenvalue weighted by Gasteiger charge is -2.31. The average molecular weight is 594 g/mol. The summed E-state index contributed by atoms with van der Waals surface area (Å²) in [6.45, 7) is 13.6. The molecule has 0 spiro atoms. The fraction of sp³-hybridized carbons (Fsp3) is 0.200. The average Bonchev–Trinajstić information content (AvgIpc) is 3.47. The third-order valence-corrected chi connectivity index (χ3v) is 11.0. The van der Waals surface area contributed by atoms with Crippen LogP contribution < -0.4 is 0 Å². The number of hydrogen-bond donors (Lipinski definition) is 0. The quantitative estimate of drug-likeness (QED) is 0.188. The SMILES string of the molecule is Cc1ccc(C2Cc3cc4c(cc3-c3cc(C)ccc32)-c2cc3c5cc(C)ccc5n(-c5ccc(C)cc5)c3cc2C4(C)C)cc1. The van der Waals surface area contributed by atoms with Crippen molar-refractivity contribution in [3.63, 3.8) is 0 Å². The van der Waals surface area contributed by atoms with Crippen LogP contribution in [0.3, 0.4) is 0 Å². The Hall–Kier alpha value is -4.88. The van der Waals surface area contributed by atoms with Crippen molar-refractivity contribution >= 4 is 21.8 Å². The van der Waals surface area contributed by atoms with Gasteiger partial charge in [-0.2, -0.15) is 0 Å². The highest BCUT2D eigenvalue weighted by molar-refractivity contribution is 6.12. The first kappa shape index (κ1) is 27.4. The predicted octanol–water partition coefficient (Wildman–Crippen LogP) is 11.7. The Bertz CT molecular complexity index is 2380. The van der Waals surface area contributed by atoms with Crippen molar-refractivity contribution in [3.05, 3.63) is 159 Å². The van der Waals surface area contributed by atoms with Crippen LogP contribution in [-0.4, -0.2) is 4.57 Å². The van der Waals surface area contributed by atoms with Gasteiger partial charge in [0.2, 0.25) is 0 Å². The molecule has 0 N–H and O–H groups in total. The highest BCUT2D eigenvalue weighted by Gasteiger charge is 2.39. The Morgan fingerprint density at radius 2 is 1.13 bits per heavy atom. The van der Waals surface area contributed by atoms with E-state index in [0.717, 1.165) is 6.42 Å². The van der Waals surface area contributed by atoms with Gasteiger partial charge < -0.3 is 4.57 Å². The molecular weight excluding hydrogens is 555 g/mol. The molecular formula is C45H39N. The molecule has 1 unspecified atom stereocenters. The van der Waals surface area contributed by atoms with Gasteiger partial charge in [0, 0.05) is 27.8 Å². The summed E-state index contributed by atoms with van der Waals surface area (Å²) in [5, 5.41) is 2.65. The van der Waals surface area contributed by atoms with Gasteiger partial charge in [0.15, 0.2) is 0 Å². The highest BCUT2D eigenvalue weighted by atomic mass is 15.0. The monoisotopic (exact) mass is 593 g/mol. The van der Waals surface area contributed by atoms with Crippen LogP contribution in [0.4, 0.5) is 0 Å². The van der Waals surface area contributed by atoms with Crippen molar-refractivity contribution in [2.24, 2.45) is 0 Å². The Labute approximate surface area is 272 Å². The molecule has 0 aliphatic heterocycles. The van der Waals surface area contributed by atoms with Crippen molar-refractivity contribution < 1.29 is 0 Å². The van der Waals surface area contributed by atoms with E-state index in [2.05, 4.69) is 155 Å². The summed E-state index contributed by atoms with van der Waals surface area (Å²) in [5.41, 5.74) is 21.6. The number of benzene rings is 6. The Morgan fingerprint density at radius 1 is 0.522 bits per heavy atom. The van der Waals surface area contributed by atoms with Crippen molar-refractivity contribution in [2.75, 3.05) is 0 Å². The molecule has 0 fully saturated rings. The third kappa shape index (κ3) is 3.88. The first-order valence-electron chi connectivity index (χ1n) is 16.7.